The molecule has 0 saturated carbocycles. The Balaban J connectivity index is 2.27. The average Bonchev–Trinajstić information content (AvgIpc) is 2.95. The third-order valence-corrected chi connectivity index (χ3v) is 2.96. The molecule has 0 unspecified atom stereocenters. The van der Waals surface area contributed by atoms with Gasteiger partial charge in [0.2, 0.25) is 0 Å². The number of carbonyl (C=O) groups is 1. The van der Waals surface area contributed by atoms with Crippen molar-refractivity contribution in [1.29, 1.82) is 0 Å². The quantitative estimate of drug-likeness (QED) is 0.769. The fourth-order valence-corrected chi connectivity index (χ4v) is 2.09. The summed E-state index contributed by atoms with van der Waals surface area (Å²) >= 11 is 0. The molecule has 19 heavy (non-hydrogen) atoms. The molecule has 0 amide bonds. The van der Waals surface area contributed by atoms with Crippen LogP contribution in [0.25, 0.3) is 22.2 Å². The maximum atomic E-state index is 13.9. The molecular formula is C13H9FN2O3. The van der Waals surface area contributed by atoms with Crippen molar-refractivity contribution >= 4 is 16.9 Å². The summed E-state index contributed by atoms with van der Waals surface area (Å²) in [4.78, 5) is 10.8. The maximum absolute atomic E-state index is 13.9. The van der Waals surface area contributed by atoms with Gasteiger partial charge in [-0.15, -0.1) is 0 Å². The lowest BCUT2D eigenvalue weighted by Crippen LogP contribution is -1.94. The first-order valence-corrected chi connectivity index (χ1v) is 5.52. The average molecular weight is 260 g/mol. The summed E-state index contributed by atoms with van der Waals surface area (Å²) in [5.41, 5.74) is 0.974. The molecule has 6 heteroatoms. The van der Waals surface area contributed by atoms with E-state index in [2.05, 4.69) is 5.16 Å². The number of fused-ring (bicyclic) bond motifs is 1. The number of carboxylic acids is 1. The van der Waals surface area contributed by atoms with Crippen molar-refractivity contribution in [3.05, 3.63) is 42.0 Å². The van der Waals surface area contributed by atoms with E-state index in [-0.39, 0.29) is 17.3 Å². The van der Waals surface area contributed by atoms with Crippen molar-refractivity contribution in [2.24, 2.45) is 7.05 Å². The lowest BCUT2D eigenvalue weighted by molar-refractivity contribution is 0.0686. The number of hydrogen-bond acceptors (Lipinski definition) is 3. The highest BCUT2D eigenvalue weighted by molar-refractivity contribution is 5.96. The predicted octanol–water partition coefficient (Wildman–Crippen LogP) is 2.67. The summed E-state index contributed by atoms with van der Waals surface area (Å²) in [7, 11) is 1.78. The van der Waals surface area contributed by atoms with Crippen LogP contribution < -0.4 is 0 Å². The highest BCUT2D eigenvalue weighted by Gasteiger charge is 2.18. The van der Waals surface area contributed by atoms with Gasteiger partial charge in [0.05, 0.1) is 5.52 Å². The van der Waals surface area contributed by atoms with Gasteiger partial charge in [0, 0.05) is 30.3 Å². The standard InChI is InChI=1S/C13H9FN2O3/c1-16-6-7(11-5-9(13(17)18)15-19-11)12-8(14)3-2-4-10(12)16/h2-6H,1H3,(H,17,18). The van der Waals surface area contributed by atoms with Gasteiger partial charge in [-0.2, -0.15) is 0 Å². The topological polar surface area (TPSA) is 68.3 Å². The van der Waals surface area contributed by atoms with Gasteiger partial charge in [0.25, 0.3) is 0 Å². The fourth-order valence-electron chi connectivity index (χ4n) is 2.09. The molecule has 3 aromatic rings. The van der Waals surface area contributed by atoms with E-state index in [1.54, 1.807) is 29.9 Å². The second kappa shape index (κ2) is 3.94. The second-order valence-electron chi connectivity index (χ2n) is 4.17. The van der Waals surface area contributed by atoms with Crippen LogP contribution in [0.1, 0.15) is 10.5 Å². The van der Waals surface area contributed by atoms with E-state index in [1.165, 1.54) is 12.1 Å². The Morgan fingerprint density at radius 2 is 2.26 bits per heavy atom. The number of hydrogen-bond donors (Lipinski definition) is 1. The molecule has 0 fully saturated rings. The number of aromatic nitrogens is 2. The van der Waals surface area contributed by atoms with Crippen LogP contribution in [0.4, 0.5) is 4.39 Å². The number of carboxylic acid groups (broad SMARTS) is 1. The van der Waals surface area contributed by atoms with Gasteiger partial charge < -0.3 is 14.2 Å². The third-order valence-electron chi connectivity index (χ3n) is 2.96. The summed E-state index contributed by atoms with van der Waals surface area (Å²) in [6, 6.07) is 6.02. The minimum Gasteiger partial charge on any atom is -0.476 e. The van der Waals surface area contributed by atoms with E-state index in [1.807, 2.05) is 0 Å². The van der Waals surface area contributed by atoms with E-state index in [9.17, 15) is 9.18 Å². The SMILES string of the molecule is Cn1cc(-c2cc(C(=O)O)no2)c2c(F)cccc21. The van der Waals surface area contributed by atoms with E-state index < -0.39 is 5.97 Å². The first kappa shape index (κ1) is 11.5. The molecule has 1 N–H and O–H groups in total. The Kier molecular flexibility index (Phi) is 2.38. The molecule has 0 aliphatic rings. The predicted molar refractivity (Wildman–Crippen MR) is 65.3 cm³/mol. The molecule has 0 radical (unpaired) electrons. The molecule has 1 aromatic carbocycles. The van der Waals surface area contributed by atoms with Crippen LogP contribution >= 0.6 is 0 Å². The maximum Gasteiger partial charge on any atom is 0.358 e. The normalized spacial score (nSPS) is 11.1. The molecule has 0 bridgehead atoms. The second-order valence-corrected chi connectivity index (χ2v) is 4.17. The number of nitrogens with zero attached hydrogens (tertiary/aromatic N) is 2. The summed E-state index contributed by atoms with van der Waals surface area (Å²) in [5, 5.41) is 12.6. The third kappa shape index (κ3) is 1.69. The minimum atomic E-state index is -1.18. The van der Waals surface area contributed by atoms with Crippen LogP contribution in [-0.4, -0.2) is 20.8 Å². The molecule has 3 rings (SSSR count). The highest BCUT2D eigenvalue weighted by atomic mass is 19.1. The van der Waals surface area contributed by atoms with Crippen molar-refractivity contribution in [2.75, 3.05) is 0 Å². The van der Waals surface area contributed by atoms with Gasteiger partial charge in [-0.25, -0.2) is 9.18 Å². The molecule has 96 valence electrons. The molecule has 0 atom stereocenters. The number of aryl methyl sites for hydroxylation is 1. The molecular weight excluding hydrogens is 251 g/mol. The van der Waals surface area contributed by atoms with Gasteiger partial charge in [-0.05, 0) is 12.1 Å². The Hall–Kier alpha value is -2.63. The Morgan fingerprint density at radius 3 is 2.95 bits per heavy atom. The molecule has 0 spiro atoms. The highest BCUT2D eigenvalue weighted by Crippen LogP contribution is 2.32. The first-order chi connectivity index (χ1) is 9.08. The van der Waals surface area contributed by atoms with Crippen LogP contribution in [-0.2, 0) is 7.05 Å². The van der Waals surface area contributed by atoms with Crippen molar-refractivity contribution in [1.82, 2.24) is 9.72 Å². The van der Waals surface area contributed by atoms with Gasteiger partial charge in [0.1, 0.15) is 5.82 Å². The van der Waals surface area contributed by atoms with Crippen LogP contribution in [0.15, 0.2) is 35.0 Å². The number of halogens is 1. The van der Waals surface area contributed by atoms with Crippen LogP contribution in [0.3, 0.4) is 0 Å². The Labute approximate surface area is 106 Å². The van der Waals surface area contributed by atoms with Crippen molar-refractivity contribution in [3.63, 3.8) is 0 Å². The number of rotatable bonds is 2. The van der Waals surface area contributed by atoms with Gasteiger partial charge in [0.15, 0.2) is 11.5 Å². The van der Waals surface area contributed by atoms with Crippen LogP contribution in [0.5, 0.6) is 0 Å². The Morgan fingerprint density at radius 1 is 1.47 bits per heavy atom. The van der Waals surface area contributed by atoms with Crippen molar-refractivity contribution in [2.45, 2.75) is 0 Å². The fraction of sp³-hybridized carbons (Fsp3) is 0.0769. The molecule has 0 saturated heterocycles. The van der Waals surface area contributed by atoms with Gasteiger partial charge in [-0.3, -0.25) is 0 Å². The summed E-state index contributed by atoms with van der Waals surface area (Å²) in [6.45, 7) is 0. The van der Waals surface area contributed by atoms with E-state index in [0.717, 1.165) is 0 Å². The lowest BCUT2D eigenvalue weighted by Gasteiger charge is -1.96. The summed E-state index contributed by atoms with van der Waals surface area (Å²) in [6.07, 6.45) is 1.68. The molecule has 2 heterocycles. The van der Waals surface area contributed by atoms with Crippen molar-refractivity contribution < 1.29 is 18.8 Å². The minimum absolute atomic E-state index is 0.205. The zero-order valence-corrected chi connectivity index (χ0v) is 9.92. The Bertz CT molecular complexity index is 788. The molecule has 0 aliphatic carbocycles. The van der Waals surface area contributed by atoms with Crippen LogP contribution in [0.2, 0.25) is 0 Å². The van der Waals surface area contributed by atoms with E-state index in [0.29, 0.717) is 16.5 Å². The largest absolute Gasteiger partial charge is 0.476 e. The zero-order chi connectivity index (χ0) is 13.6. The molecule has 2 aromatic heterocycles. The summed E-state index contributed by atoms with van der Waals surface area (Å²) in [5.74, 6) is -1.34. The number of benzene rings is 1. The van der Waals surface area contributed by atoms with E-state index in [4.69, 9.17) is 9.63 Å². The molecule has 0 aliphatic heterocycles. The zero-order valence-electron chi connectivity index (χ0n) is 9.92. The number of aromatic carboxylic acids is 1. The van der Waals surface area contributed by atoms with Crippen molar-refractivity contribution in [3.8, 4) is 11.3 Å². The summed E-state index contributed by atoms with van der Waals surface area (Å²) < 4.78 is 20.6. The molecule has 5 nitrogen and oxygen atoms in total. The van der Waals surface area contributed by atoms with E-state index >= 15 is 0 Å². The van der Waals surface area contributed by atoms with Crippen LogP contribution in [0, 0.1) is 5.82 Å². The smallest absolute Gasteiger partial charge is 0.358 e. The monoisotopic (exact) mass is 260 g/mol. The first-order valence-electron chi connectivity index (χ1n) is 5.52. The van der Waals surface area contributed by atoms with Gasteiger partial charge >= 0.3 is 5.97 Å². The lowest BCUT2D eigenvalue weighted by atomic mass is 10.1. The van der Waals surface area contributed by atoms with Gasteiger partial charge in [-0.1, -0.05) is 11.2 Å².